The Balaban J connectivity index is 2.53. The predicted molar refractivity (Wildman–Crippen MR) is 104 cm³/mol. The number of ether oxygens (including phenoxy) is 1. The molecule has 1 aromatic carbocycles. The van der Waals surface area contributed by atoms with Crippen LogP contribution in [0.4, 0.5) is 0 Å². The first-order valence-electron chi connectivity index (χ1n) is 5.89. The molecule has 1 rings (SSSR count). The first-order chi connectivity index (χ1) is 8.69. The van der Waals surface area contributed by atoms with Crippen LogP contribution in [0.3, 0.4) is 0 Å². The molecule has 0 aliphatic rings. The van der Waals surface area contributed by atoms with E-state index >= 15 is 0 Å². The highest BCUT2D eigenvalue weighted by molar-refractivity contribution is 14.1. The van der Waals surface area contributed by atoms with E-state index in [9.17, 15) is 5.11 Å². The second-order valence-corrected chi connectivity index (χ2v) is 8.86. The molecule has 0 aromatic heterocycles. The zero-order valence-electron chi connectivity index (χ0n) is 11.1. The molecule has 0 aliphatic carbocycles. The Morgan fingerprint density at radius 1 is 1.21 bits per heavy atom. The van der Waals surface area contributed by atoms with Gasteiger partial charge in [-0.2, -0.15) is 0 Å². The summed E-state index contributed by atoms with van der Waals surface area (Å²) in [4.78, 5) is 0. The molecule has 0 saturated heterocycles. The first kappa shape index (κ1) is 18.2. The number of aliphatic hydroxyl groups excluding tert-OH is 1. The summed E-state index contributed by atoms with van der Waals surface area (Å²) in [5.41, 5.74) is 0.00663. The topological polar surface area (TPSA) is 41.5 Å². The summed E-state index contributed by atoms with van der Waals surface area (Å²) in [6, 6.07) is 4.14. The van der Waals surface area contributed by atoms with E-state index in [1.807, 2.05) is 0 Å². The van der Waals surface area contributed by atoms with Crippen LogP contribution < -0.4 is 10.1 Å². The van der Waals surface area contributed by atoms with Crippen molar-refractivity contribution >= 4 is 67.8 Å². The summed E-state index contributed by atoms with van der Waals surface area (Å²) in [7, 11) is 0. The average molecular weight is 601 g/mol. The van der Waals surface area contributed by atoms with Crippen LogP contribution in [0.5, 0.6) is 5.75 Å². The minimum absolute atomic E-state index is 0.00663. The molecule has 1 atom stereocenters. The minimum Gasteiger partial charge on any atom is -0.489 e. The van der Waals surface area contributed by atoms with Gasteiger partial charge in [-0.25, -0.2) is 0 Å². The Morgan fingerprint density at radius 2 is 1.74 bits per heavy atom. The van der Waals surface area contributed by atoms with E-state index in [2.05, 4.69) is 106 Å². The van der Waals surface area contributed by atoms with Gasteiger partial charge in [0, 0.05) is 15.7 Å². The lowest BCUT2D eigenvalue weighted by Crippen LogP contribution is -2.42. The minimum atomic E-state index is -0.509. The van der Waals surface area contributed by atoms with Gasteiger partial charge >= 0.3 is 0 Å². The number of hydrogen-bond donors (Lipinski definition) is 2. The molecule has 1 unspecified atom stereocenters. The molecule has 6 heteroatoms. The van der Waals surface area contributed by atoms with Crippen molar-refractivity contribution in [2.45, 2.75) is 32.4 Å². The lowest BCUT2D eigenvalue weighted by atomic mass is 10.1. The monoisotopic (exact) mass is 601 g/mol. The summed E-state index contributed by atoms with van der Waals surface area (Å²) in [6.07, 6.45) is -0.509. The van der Waals surface area contributed by atoms with Gasteiger partial charge in [-0.15, -0.1) is 0 Å². The molecular formula is C13H18I3NO2. The largest absolute Gasteiger partial charge is 0.489 e. The number of hydrogen-bond acceptors (Lipinski definition) is 3. The van der Waals surface area contributed by atoms with E-state index in [0.717, 1.165) is 12.9 Å². The molecule has 0 saturated carbocycles. The Bertz CT molecular complexity index is 409. The van der Waals surface area contributed by atoms with Crippen LogP contribution in [-0.4, -0.2) is 29.9 Å². The fourth-order valence-corrected chi connectivity index (χ4v) is 5.22. The second kappa shape index (κ2) is 7.95. The molecule has 0 bridgehead atoms. The normalized spacial score (nSPS) is 13.4. The zero-order chi connectivity index (χ0) is 14.6. The van der Waals surface area contributed by atoms with Gasteiger partial charge in [-0.3, -0.25) is 0 Å². The maximum absolute atomic E-state index is 9.92. The maximum Gasteiger partial charge on any atom is 0.146 e. The van der Waals surface area contributed by atoms with Crippen molar-refractivity contribution in [2.24, 2.45) is 0 Å². The summed E-state index contributed by atoms with van der Waals surface area (Å²) >= 11 is 6.81. The first-order valence-corrected chi connectivity index (χ1v) is 9.13. The predicted octanol–water partition coefficient (Wildman–Crippen LogP) is 3.63. The Labute approximate surface area is 155 Å². The molecule has 0 amide bonds. The summed E-state index contributed by atoms with van der Waals surface area (Å²) in [5, 5.41) is 13.2. The van der Waals surface area contributed by atoms with Crippen molar-refractivity contribution in [2.75, 3.05) is 13.2 Å². The van der Waals surface area contributed by atoms with Gasteiger partial charge < -0.3 is 15.2 Å². The number of halogens is 3. The molecule has 3 nitrogen and oxygen atoms in total. The summed E-state index contributed by atoms with van der Waals surface area (Å²) < 4.78 is 9.08. The third-order valence-electron chi connectivity index (χ3n) is 2.25. The molecular weight excluding hydrogens is 583 g/mol. The summed E-state index contributed by atoms with van der Waals surface area (Å²) in [5.74, 6) is 0.858. The lowest BCUT2D eigenvalue weighted by molar-refractivity contribution is 0.0992. The van der Waals surface area contributed by atoms with Gasteiger partial charge in [0.05, 0.1) is 7.14 Å². The van der Waals surface area contributed by atoms with Crippen LogP contribution in [0.15, 0.2) is 12.1 Å². The number of β-amino-alcohol motifs (C(OH)–C–C–N with tert-alkyl or cyclic N) is 1. The zero-order valence-corrected chi connectivity index (χ0v) is 17.6. The molecule has 19 heavy (non-hydrogen) atoms. The fourth-order valence-electron chi connectivity index (χ4n) is 1.33. The van der Waals surface area contributed by atoms with Gasteiger partial charge in [-0.1, -0.05) is 0 Å². The second-order valence-electron chi connectivity index (χ2n) is 5.29. The SMILES string of the molecule is CC(C)(C)NCC(O)COc1c(I)cc(I)cc1I. The third-order valence-corrected chi connectivity index (χ3v) is 4.48. The fraction of sp³-hybridized carbons (Fsp3) is 0.538. The Hall–Kier alpha value is 1.13. The van der Waals surface area contributed by atoms with Crippen LogP contribution >= 0.6 is 67.8 Å². The smallest absolute Gasteiger partial charge is 0.146 e. The number of rotatable bonds is 5. The third kappa shape index (κ3) is 7.09. The van der Waals surface area contributed by atoms with Crippen LogP contribution in [0, 0.1) is 10.7 Å². The van der Waals surface area contributed by atoms with Crippen molar-refractivity contribution < 1.29 is 9.84 Å². The van der Waals surface area contributed by atoms with E-state index in [1.165, 1.54) is 3.57 Å². The number of aliphatic hydroxyl groups is 1. The van der Waals surface area contributed by atoms with Crippen molar-refractivity contribution in [1.82, 2.24) is 5.32 Å². The molecule has 0 aliphatic heterocycles. The van der Waals surface area contributed by atoms with Gasteiger partial charge in [-0.05, 0) is 101 Å². The number of nitrogens with one attached hydrogen (secondary N) is 1. The van der Waals surface area contributed by atoms with E-state index in [1.54, 1.807) is 0 Å². The van der Waals surface area contributed by atoms with Gasteiger partial charge in [0.1, 0.15) is 18.5 Å². The standard InChI is InChI=1S/C13H18I3NO2/c1-13(2,3)17-6-9(18)7-19-12-10(15)4-8(14)5-11(12)16/h4-5,9,17-18H,6-7H2,1-3H3. The highest BCUT2D eigenvalue weighted by Crippen LogP contribution is 2.29. The van der Waals surface area contributed by atoms with Crippen LogP contribution in [-0.2, 0) is 0 Å². The Morgan fingerprint density at radius 3 is 2.21 bits per heavy atom. The highest BCUT2D eigenvalue weighted by atomic mass is 127. The van der Waals surface area contributed by atoms with E-state index < -0.39 is 6.10 Å². The molecule has 0 spiro atoms. The van der Waals surface area contributed by atoms with E-state index in [4.69, 9.17) is 4.74 Å². The molecule has 0 heterocycles. The average Bonchev–Trinajstić information content (AvgIpc) is 2.23. The van der Waals surface area contributed by atoms with Crippen LogP contribution in [0.1, 0.15) is 20.8 Å². The van der Waals surface area contributed by atoms with Gasteiger partial charge in [0.2, 0.25) is 0 Å². The molecule has 2 N–H and O–H groups in total. The van der Waals surface area contributed by atoms with Crippen molar-refractivity contribution in [3.63, 3.8) is 0 Å². The Kier molecular flexibility index (Phi) is 7.60. The van der Waals surface area contributed by atoms with E-state index in [-0.39, 0.29) is 5.54 Å². The van der Waals surface area contributed by atoms with E-state index in [0.29, 0.717) is 13.2 Å². The quantitative estimate of drug-likeness (QED) is 0.508. The van der Waals surface area contributed by atoms with Crippen molar-refractivity contribution in [3.05, 3.63) is 22.8 Å². The molecule has 0 radical (unpaired) electrons. The maximum atomic E-state index is 9.92. The highest BCUT2D eigenvalue weighted by Gasteiger charge is 2.14. The van der Waals surface area contributed by atoms with Crippen molar-refractivity contribution in [1.29, 1.82) is 0 Å². The lowest BCUT2D eigenvalue weighted by Gasteiger charge is -2.23. The van der Waals surface area contributed by atoms with Crippen molar-refractivity contribution in [3.8, 4) is 5.75 Å². The van der Waals surface area contributed by atoms with Gasteiger partial charge in [0.25, 0.3) is 0 Å². The molecule has 0 fully saturated rings. The van der Waals surface area contributed by atoms with Crippen LogP contribution in [0.2, 0.25) is 0 Å². The molecule has 108 valence electrons. The summed E-state index contributed by atoms with van der Waals surface area (Å²) in [6.45, 7) is 7.06. The molecule has 1 aromatic rings. The number of benzene rings is 1. The van der Waals surface area contributed by atoms with Crippen LogP contribution in [0.25, 0.3) is 0 Å². The van der Waals surface area contributed by atoms with Gasteiger partial charge in [0.15, 0.2) is 0 Å².